The van der Waals surface area contributed by atoms with Crippen LogP contribution in [0, 0.1) is 11.8 Å². The Balaban J connectivity index is 1.50. The molecule has 2 heterocycles. The van der Waals surface area contributed by atoms with Gasteiger partial charge in [0, 0.05) is 6.42 Å². The summed E-state index contributed by atoms with van der Waals surface area (Å²) in [6.45, 7) is -0.337. The van der Waals surface area contributed by atoms with Gasteiger partial charge in [-0.25, -0.2) is 0 Å². The van der Waals surface area contributed by atoms with Crippen LogP contribution in [0.5, 0.6) is 0 Å². The summed E-state index contributed by atoms with van der Waals surface area (Å²) in [6.07, 6.45) is -0.441. The number of hydrogen-bond acceptors (Lipinski definition) is 5. The predicted octanol–water partition coefficient (Wildman–Crippen LogP) is 2.25. The maximum absolute atomic E-state index is 11.9. The highest BCUT2D eigenvalue weighted by Crippen LogP contribution is 2.43. The minimum atomic E-state index is -4.30. The summed E-state index contributed by atoms with van der Waals surface area (Å²) >= 11 is 0. The summed E-state index contributed by atoms with van der Waals surface area (Å²) in [5, 5.41) is 7.22. The average molecular weight is 305 g/mol. The Bertz CT molecular complexity index is 477. The molecule has 0 radical (unpaired) electrons. The molecule has 2 aliphatic rings. The predicted molar refractivity (Wildman–Crippen MR) is 66.5 cm³/mol. The Morgan fingerprint density at radius 3 is 3.00 bits per heavy atom. The molecule has 1 saturated carbocycles. The van der Waals surface area contributed by atoms with Gasteiger partial charge < -0.3 is 14.6 Å². The van der Waals surface area contributed by atoms with E-state index in [4.69, 9.17) is 4.52 Å². The Kier molecular flexibility index (Phi) is 4.17. The van der Waals surface area contributed by atoms with E-state index in [2.05, 4.69) is 20.2 Å². The number of ether oxygens (including phenoxy) is 1. The van der Waals surface area contributed by atoms with E-state index >= 15 is 0 Å². The maximum Gasteiger partial charge on any atom is 0.411 e. The Morgan fingerprint density at radius 2 is 2.19 bits per heavy atom. The Labute approximate surface area is 120 Å². The third-order valence-electron chi connectivity index (χ3n) is 4.23. The van der Waals surface area contributed by atoms with Crippen molar-refractivity contribution >= 4 is 0 Å². The first kappa shape index (κ1) is 14.8. The molecule has 0 aromatic carbocycles. The van der Waals surface area contributed by atoms with Gasteiger partial charge in [0.05, 0.1) is 12.6 Å². The van der Waals surface area contributed by atoms with Gasteiger partial charge in [0.15, 0.2) is 5.82 Å². The van der Waals surface area contributed by atoms with Crippen molar-refractivity contribution in [3.05, 3.63) is 11.7 Å². The van der Waals surface area contributed by atoms with Crippen LogP contribution in [0.25, 0.3) is 0 Å². The van der Waals surface area contributed by atoms with Crippen LogP contribution in [0.2, 0.25) is 0 Å². The van der Waals surface area contributed by atoms with E-state index in [1.165, 1.54) is 12.8 Å². The zero-order valence-corrected chi connectivity index (χ0v) is 11.5. The van der Waals surface area contributed by atoms with Gasteiger partial charge in [0.2, 0.25) is 5.89 Å². The average Bonchev–Trinajstić information content (AvgIpc) is 3.09. The summed E-state index contributed by atoms with van der Waals surface area (Å²) in [4.78, 5) is 4.29. The lowest BCUT2D eigenvalue weighted by Gasteiger charge is -2.13. The molecule has 1 saturated heterocycles. The fraction of sp³-hybridized carbons (Fsp3) is 0.846. The molecule has 3 rings (SSSR count). The van der Waals surface area contributed by atoms with E-state index in [-0.39, 0.29) is 19.1 Å². The van der Waals surface area contributed by atoms with Crippen LogP contribution in [0.15, 0.2) is 4.52 Å². The number of fused-ring (bicyclic) bond motifs is 1. The van der Waals surface area contributed by atoms with E-state index in [1.807, 2.05) is 0 Å². The van der Waals surface area contributed by atoms with Crippen LogP contribution in [-0.2, 0) is 11.2 Å². The zero-order valence-electron chi connectivity index (χ0n) is 11.5. The van der Waals surface area contributed by atoms with Crippen LogP contribution in [0.1, 0.15) is 37.0 Å². The molecule has 1 aromatic heterocycles. The van der Waals surface area contributed by atoms with E-state index in [9.17, 15) is 13.2 Å². The lowest BCUT2D eigenvalue weighted by Crippen LogP contribution is -2.18. The van der Waals surface area contributed by atoms with E-state index in [0.29, 0.717) is 23.6 Å². The van der Waals surface area contributed by atoms with Crippen molar-refractivity contribution in [1.29, 1.82) is 0 Å². The minimum Gasteiger partial charge on any atom is -0.372 e. The number of halogens is 3. The van der Waals surface area contributed by atoms with Crippen molar-refractivity contribution in [2.75, 3.05) is 19.8 Å². The molecule has 2 fully saturated rings. The molecule has 3 atom stereocenters. The molecule has 21 heavy (non-hydrogen) atoms. The summed E-state index contributed by atoms with van der Waals surface area (Å²) in [6, 6.07) is 0.0924. The SMILES string of the molecule is FC(F)(F)COCCc1noc(C2NCC3CCCC32)n1. The number of alkyl halides is 3. The van der Waals surface area contributed by atoms with Crippen LogP contribution in [0.4, 0.5) is 13.2 Å². The van der Waals surface area contributed by atoms with Crippen LogP contribution >= 0.6 is 0 Å². The standard InChI is InChI=1S/C13H18F3N3O2/c14-13(15,16)7-20-5-4-10-18-12(21-19-10)11-9-3-1-2-8(9)6-17-11/h8-9,11,17H,1-7H2. The highest BCUT2D eigenvalue weighted by atomic mass is 19.4. The van der Waals surface area contributed by atoms with Gasteiger partial charge in [-0.2, -0.15) is 18.2 Å². The summed E-state index contributed by atoms with van der Waals surface area (Å²) in [7, 11) is 0. The second-order valence-electron chi connectivity index (χ2n) is 5.71. The molecule has 0 spiro atoms. The molecule has 8 heteroatoms. The maximum atomic E-state index is 11.9. The third-order valence-corrected chi connectivity index (χ3v) is 4.23. The highest BCUT2D eigenvalue weighted by Gasteiger charge is 2.42. The number of rotatable bonds is 5. The van der Waals surface area contributed by atoms with Gasteiger partial charge in [-0.1, -0.05) is 11.6 Å². The molecule has 1 aromatic rings. The van der Waals surface area contributed by atoms with E-state index < -0.39 is 12.8 Å². The van der Waals surface area contributed by atoms with Crippen LogP contribution in [-0.4, -0.2) is 36.1 Å². The molecule has 0 bridgehead atoms. The van der Waals surface area contributed by atoms with Gasteiger partial charge >= 0.3 is 6.18 Å². The van der Waals surface area contributed by atoms with Gasteiger partial charge in [0.1, 0.15) is 6.61 Å². The molecular weight excluding hydrogens is 287 g/mol. The first-order chi connectivity index (χ1) is 10.0. The lowest BCUT2D eigenvalue weighted by molar-refractivity contribution is -0.173. The number of aromatic nitrogens is 2. The Hall–Kier alpha value is -1.15. The smallest absolute Gasteiger partial charge is 0.372 e. The number of hydrogen-bond donors (Lipinski definition) is 1. The number of nitrogens with one attached hydrogen (secondary N) is 1. The van der Waals surface area contributed by atoms with Crippen molar-refractivity contribution in [2.45, 2.75) is 37.9 Å². The third kappa shape index (κ3) is 3.55. The topological polar surface area (TPSA) is 60.2 Å². The molecular formula is C13H18F3N3O2. The van der Waals surface area contributed by atoms with E-state index in [1.54, 1.807) is 0 Å². The molecule has 118 valence electrons. The zero-order chi connectivity index (χ0) is 14.9. The van der Waals surface area contributed by atoms with Crippen LogP contribution in [0.3, 0.4) is 0 Å². The fourth-order valence-electron chi connectivity index (χ4n) is 3.30. The summed E-state index contributed by atoms with van der Waals surface area (Å²) < 4.78 is 45.6. The molecule has 0 amide bonds. The van der Waals surface area contributed by atoms with Gasteiger partial charge in [-0.05, 0) is 31.2 Å². The lowest BCUT2D eigenvalue weighted by atomic mass is 9.94. The van der Waals surface area contributed by atoms with E-state index in [0.717, 1.165) is 13.0 Å². The van der Waals surface area contributed by atoms with Crippen molar-refractivity contribution in [2.24, 2.45) is 11.8 Å². The van der Waals surface area contributed by atoms with Crippen molar-refractivity contribution in [1.82, 2.24) is 15.5 Å². The van der Waals surface area contributed by atoms with Gasteiger partial charge in [-0.3, -0.25) is 0 Å². The monoisotopic (exact) mass is 305 g/mol. The molecule has 1 N–H and O–H groups in total. The number of nitrogens with zero attached hydrogens (tertiary/aromatic N) is 2. The first-order valence-electron chi connectivity index (χ1n) is 7.23. The minimum absolute atomic E-state index is 0.0668. The first-order valence-corrected chi connectivity index (χ1v) is 7.23. The van der Waals surface area contributed by atoms with Crippen molar-refractivity contribution in [3.63, 3.8) is 0 Å². The second kappa shape index (κ2) is 5.92. The molecule has 3 unspecified atom stereocenters. The fourth-order valence-corrected chi connectivity index (χ4v) is 3.30. The summed E-state index contributed by atoms with van der Waals surface area (Å²) in [5.74, 6) is 2.17. The van der Waals surface area contributed by atoms with Crippen molar-refractivity contribution < 1.29 is 22.4 Å². The van der Waals surface area contributed by atoms with Gasteiger partial charge in [-0.15, -0.1) is 0 Å². The quantitative estimate of drug-likeness (QED) is 0.846. The van der Waals surface area contributed by atoms with Gasteiger partial charge in [0.25, 0.3) is 0 Å². The molecule has 1 aliphatic heterocycles. The largest absolute Gasteiger partial charge is 0.411 e. The highest BCUT2D eigenvalue weighted by molar-refractivity contribution is 5.03. The van der Waals surface area contributed by atoms with Crippen LogP contribution < -0.4 is 5.32 Å². The Morgan fingerprint density at radius 1 is 1.33 bits per heavy atom. The molecule has 5 nitrogen and oxygen atoms in total. The van der Waals surface area contributed by atoms with Crippen molar-refractivity contribution in [3.8, 4) is 0 Å². The summed E-state index contributed by atoms with van der Waals surface area (Å²) in [5.41, 5.74) is 0. The molecule has 1 aliphatic carbocycles. The normalized spacial score (nSPS) is 29.0. The second-order valence-corrected chi connectivity index (χ2v) is 5.71.